The second kappa shape index (κ2) is 25.3. The number of benzene rings is 10. The van der Waals surface area contributed by atoms with Gasteiger partial charge in [-0.25, -0.2) is 22.0 Å². The van der Waals surface area contributed by atoms with Gasteiger partial charge in [-0.3, -0.25) is 15.0 Å². The lowest BCUT2D eigenvalue weighted by Gasteiger charge is -2.18. The summed E-state index contributed by atoms with van der Waals surface area (Å²) in [6.07, 6.45) is 8.09. The van der Waals surface area contributed by atoms with Gasteiger partial charge in [0.05, 0.1) is 28.2 Å². The number of aromatic nitrogens is 3. The molecule has 0 amide bonds. The van der Waals surface area contributed by atoms with Gasteiger partial charge in [0, 0.05) is 46.4 Å². The van der Waals surface area contributed by atoms with Gasteiger partial charge in [-0.05, 0) is 189 Å². The second-order valence-electron chi connectivity index (χ2n) is 22.5. The topological polar surface area (TPSA) is 38.7 Å². The van der Waals surface area contributed by atoms with Gasteiger partial charge < -0.3 is 0 Å². The summed E-state index contributed by atoms with van der Waals surface area (Å²) in [6, 6.07) is 77.5. The smallest absolute Gasteiger partial charge is 0.143 e. The molecule has 0 aliphatic carbocycles. The molecule has 0 fully saturated rings. The minimum atomic E-state index is -0.660. The molecule has 0 spiro atoms. The summed E-state index contributed by atoms with van der Waals surface area (Å²) in [5.74, 6) is -2.91. The highest BCUT2D eigenvalue weighted by Crippen LogP contribution is 2.42. The van der Waals surface area contributed by atoms with Crippen LogP contribution >= 0.6 is 0 Å². The van der Waals surface area contributed by atoms with Gasteiger partial charge in [0.15, 0.2) is 0 Å². The molecule has 0 bridgehead atoms. The van der Waals surface area contributed by atoms with E-state index in [1.54, 1.807) is 67.0 Å². The Labute approximate surface area is 515 Å². The number of halogens is 5. The Kier molecular flexibility index (Phi) is 16.3. The van der Waals surface area contributed by atoms with E-state index in [2.05, 4.69) is 78.9 Å². The quantitative estimate of drug-likeness (QED) is 0.0905. The van der Waals surface area contributed by atoms with E-state index in [1.807, 2.05) is 105 Å². The highest BCUT2D eigenvalue weighted by Gasteiger charge is 2.22. The van der Waals surface area contributed by atoms with Gasteiger partial charge in [0.1, 0.15) is 29.1 Å². The highest BCUT2D eigenvalue weighted by molar-refractivity contribution is 5.93. The zero-order valence-electron chi connectivity index (χ0n) is 49.0. The van der Waals surface area contributed by atoms with Crippen molar-refractivity contribution in [3.63, 3.8) is 0 Å². The van der Waals surface area contributed by atoms with E-state index in [1.165, 1.54) is 30.3 Å². The molecule has 0 radical (unpaired) electrons. The van der Waals surface area contributed by atoms with E-state index in [-0.39, 0.29) is 28.1 Å². The molecular weight excluding hydrogens is 1110 g/mol. The fourth-order valence-electron chi connectivity index (χ4n) is 12.0. The highest BCUT2D eigenvalue weighted by atomic mass is 19.1. The first-order chi connectivity index (χ1) is 43.5. The van der Waals surface area contributed by atoms with E-state index in [0.717, 1.165) is 89.0 Å². The van der Waals surface area contributed by atoms with Crippen LogP contribution in [-0.2, 0) is 25.7 Å². The first-order valence-corrected chi connectivity index (χ1v) is 29.7. The van der Waals surface area contributed by atoms with Gasteiger partial charge in [0.2, 0.25) is 0 Å². The van der Waals surface area contributed by atoms with E-state index in [0.29, 0.717) is 59.5 Å². The SMILES string of the molecule is Cc1cc(-c2ccc(F)c(-c3ccccc3)c2F)ncc1CCc1cc(CCc2cnc(-c3ccc(F)c(-c4ccccc4)c3F)cc2C)cc(-c2ccccc2-c2cnc(-c3ccc(F)c(-c4ccccc4)c3)cc2-c2ccc(-c3ccccc3)cc2)c1. The van der Waals surface area contributed by atoms with Crippen LogP contribution in [0.15, 0.2) is 267 Å². The number of hydrogen-bond acceptors (Lipinski definition) is 3. The maximum Gasteiger partial charge on any atom is 0.143 e. The zero-order chi connectivity index (χ0) is 61.0. The third-order valence-corrected chi connectivity index (χ3v) is 16.8. The standard InChI is InChI=1S/C81H58F5N3/c1-51-41-76(67-36-39-73(83)78(80(67)85)59-21-11-5-12-22-59)87-48-62(51)29-27-53-43-54(28-30-63-49-88-77(42-52(63)2)68-37-40-74(84)79(81(68)86)60-23-13-6-14-24-60)45-64(44-53)65-25-15-16-26-66(65)71-50-89-75(61-35-38-72(82)70(46-61)57-19-9-4-10-20-57)47-69(71)58-33-31-56(32-34-58)55-17-7-3-8-18-55/h3-26,31-50H,27-30H2,1-2H3. The van der Waals surface area contributed by atoms with Gasteiger partial charge in [0.25, 0.3) is 0 Å². The summed E-state index contributed by atoms with van der Waals surface area (Å²) in [5.41, 5.74) is 18.8. The summed E-state index contributed by atoms with van der Waals surface area (Å²) in [6.45, 7) is 3.99. The van der Waals surface area contributed by atoms with Crippen LogP contribution in [0.4, 0.5) is 22.0 Å². The molecule has 8 heteroatoms. The van der Waals surface area contributed by atoms with Crippen LogP contribution in [0, 0.1) is 42.9 Å². The van der Waals surface area contributed by atoms with Crippen molar-refractivity contribution in [2.45, 2.75) is 39.5 Å². The van der Waals surface area contributed by atoms with E-state index < -0.39 is 23.3 Å². The molecule has 0 aliphatic heterocycles. The molecule has 0 saturated carbocycles. The molecule has 3 nitrogen and oxygen atoms in total. The second-order valence-corrected chi connectivity index (χ2v) is 22.5. The van der Waals surface area contributed by atoms with Crippen molar-refractivity contribution in [1.29, 1.82) is 0 Å². The lowest BCUT2D eigenvalue weighted by atomic mass is 9.87. The third-order valence-electron chi connectivity index (χ3n) is 16.8. The normalized spacial score (nSPS) is 11.3. The Bertz CT molecular complexity index is 4560. The molecule has 0 saturated heterocycles. The van der Waals surface area contributed by atoms with Crippen molar-refractivity contribution in [2.75, 3.05) is 0 Å². The van der Waals surface area contributed by atoms with Crippen molar-refractivity contribution in [2.24, 2.45) is 0 Å². The Morgan fingerprint density at radius 1 is 0.258 bits per heavy atom. The minimum Gasteiger partial charge on any atom is -0.256 e. The maximum absolute atomic E-state index is 16.3. The lowest BCUT2D eigenvalue weighted by molar-refractivity contribution is 0.591. The first kappa shape index (κ1) is 57.4. The summed E-state index contributed by atoms with van der Waals surface area (Å²) < 4.78 is 78.5. The van der Waals surface area contributed by atoms with Crippen molar-refractivity contribution in [3.8, 4) is 112 Å². The average Bonchev–Trinajstić information content (AvgIpc) is 1.42. The van der Waals surface area contributed by atoms with Crippen LogP contribution in [0.1, 0.15) is 33.4 Å². The van der Waals surface area contributed by atoms with E-state index >= 15 is 22.0 Å². The minimum absolute atomic E-state index is 0.0880. The van der Waals surface area contributed by atoms with Crippen molar-refractivity contribution >= 4 is 0 Å². The van der Waals surface area contributed by atoms with Crippen molar-refractivity contribution in [1.82, 2.24) is 15.0 Å². The first-order valence-electron chi connectivity index (χ1n) is 29.7. The molecule has 10 aromatic carbocycles. The Morgan fingerprint density at radius 3 is 1.19 bits per heavy atom. The number of hydrogen-bond donors (Lipinski definition) is 0. The van der Waals surface area contributed by atoms with Crippen molar-refractivity contribution in [3.05, 3.63) is 330 Å². The fourth-order valence-corrected chi connectivity index (χ4v) is 12.0. The van der Waals surface area contributed by atoms with Crippen LogP contribution < -0.4 is 0 Å². The van der Waals surface area contributed by atoms with Crippen LogP contribution in [0.5, 0.6) is 0 Å². The summed E-state index contributed by atoms with van der Waals surface area (Å²) in [4.78, 5) is 14.7. The molecule has 89 heavy (non-hydrogen) atoms. The Balaban J connectivity index is 0.874. The zero-order valence-corrected chi connectivity index (χ0v) is 49.0. The Hall–Kier alpha value is -10.7. The summed E-state index contributed by atoms with van der Waals surface area (Å²) in [7, 11) is 0. The molecule has 13 aromatic rings. The van der Waals surface area contributed by atoms with Gasteiger partial charge >= 0.3 is 0 Å². The monoisotopic (exact) mass is 1170 g/mol. The van der Waals surface area contributed by atoms with Crippen LogP contribution in [-0.4, -0.2) is 15.0 Å². The molecule has 432 valence electrons. The number of nitrogens with zero attached hydrogens (tertiary/aromatic N) is 3. The number of rotatable bonds is 16. The van der Waals surface area contributed by atoms with Crippen molar-refractivity contribution < 1.29 is 22.0 Å². The molecule has 0 unspecified atom stereocenters. The molecule has 0 atom stereocenters. The van der Waals surface area contributed by atoms with Gasteiger partial charge in [-0.2, -0.15) is 0 Å². The summed E-state index contributed by atoms with van der Waals surface area (Å²) in [5, 5.41) is 0. The number of aryl methyl sites for hydroxylation is 6. The third kappa shape index (κ3) is 12.1. The molecular formula is C81H58F5N3. The molecule has 13 rings (SSSR count). The Morgan fingerprint density at radius 2 is 0.674 bits per heavy atom. The average molecular weight is 1170 g/mol. The van der Waals surface area contributed by atoms with Crippen LogP contribution in [0.3, 0.4) is 0 Å². The number of pyridine rings is 3. The molecule has 0 N–H and O–H groups in total. The van der Waals surface area contributed by atoms with Crippen LogP contribution in [0.2, 0.25) is 0 Å². The fraction of sp³-hybridized carbons (Fsp3) is 0.0741. The van der Waals surface area contributed by atoms with Crippen LogP contribution in [0.25, 0.3) is 112 Å². The molecule has 0 aliphatic rings. The molecule has 3 heterocycles. The van der Waals surface area contributed by atoms with Gasteiger partial charge in [-0.15, -0.1) is 0 Å². The largest absolute Gasteiger partial charge is 0.256 e. The van der Waals surface area contributed by atoms with E-state index in [9.17, 15) is 0 Å². The molecule has 3 aromatic heterocycles. The summed E-state index contributed by atoms with van der Waals surface area (Å²) >= 11 is 0. The van der Waals surface area contributed by atoms with Gasteiger partial charge in [-0.1, -0.05) is 188 Å². The predicted octanol–water partition coefficient (Wildman–Crippen LogP) is 21.4. The van der Waals surface area contributed by atoms with E-state index in [4.69, 9.17) is 15.0 Å². The predicted molar refractivity (Wildman–Crippen MR) is 351 cm³/mol. The maximum atomic E-state index is 16.3. The lowest BCUT2D eigenvalue weighted by Crippen LogP contribution is -2.02.